The highest BCUT2D eigenvalue weighted by Gasteiger charge is 2.43. The van der Waals surface area contributed by atoms with Crippen molar-refractivity contribution >= 4 is 52.5 Å². The minimum Gasteiger partial charge on any atom is -0.449 e. The van der Waals surface area contributed by atoms with Crippen LogP contribution in [0.25, 0.3) is 0 Å². The van der Waals surface area contributed by atoms with Gasteiger partial charge in [0.05, 0.1) is 15.1 Å². The molecule has 1 aliphatic heterocycles. The summed E-state index contributed by atoms with van der Waals surface area (Å²) in [7, 11) is 0. The van der Waals surface area contributed by atoms with E-state index in [2.05, 4.69) is 5.32 Å². The number of fused-ring (bicyclic) bond motifs is 1. The molecule has 0 amide bonds. The first-order valence-electron chi connectivity index (χ1n) is 8.53. The lowest BCUT2D eigenvalue weighted by molar-refractivity contribution is -0.205. The monoisotopic (exact) mass is 483 g/mol. The second-order valence-electron chi connectivity index (χ2n) is 6.33. The molecule has 0 saturated heterocycles. The van der Waals surface area contributed by atoms with E-state index in [9.17, 15) is 18.0 Å². The summed E-state index contributed by atoms with van der Waals surface area (Å²) in [5, 5.41) is 4.38. The summed E-state index contributed by atoms with van der Waals surface area (Å²) in [5.74, 6) is -1.68. The fourth-order valence-corrected chi connectivity index (χ4v) is 4.72. The van der Waals surface area contributed by atoms with Gasteiger partial charge in [-0.05, 0) is 47.9 Å². The van der Waals surface area contributed by atoms with Gasteiger partial charge in [0.25, 0.3) is 0 Å². The number of nitrogens with one attached hydrogen (secondary N) is 1. The van der Waals surface area contributed by atoms with E-state index < -0.39 is 18.2 Å². The van der Waals surface area contributed by atoms with Crippen LogP contribution in [0.3, 0.4) is 0 Å². The van der Waals surface area contributed by atoms with E-state index in [1.54, 1.807) is 24.3 Å². The number of rotatable bonds is 4. The maximum Gasteiger partial charge on any atom is 0.490 e. The first kappa shape index (κ1) is 22.6. The molecule has 1 heterocycles. The summed E-state index contributed by atoms with van der Waals surface area (Å²) in [6.07, 6.45) is -5.56. The zero-order chi connectivity index (χ0) is 21.2. The van der Waals surface area contributed by atoms with Gasteiger partial charge in [-0.2, -0.15) is 13.2 Å². The number of hydrogen-bond acceptors (Lipinski definition) is 4. The number of alkyl halides is 3. The average molecular weight is 485 g/mol. The molecule has 2 aromatic rings. The molecule has 1 unspecified atom stereocenters. The van der Waals surface area contributed by atoms with Crippen LogP contribution in [0.4, 0.5) is 13.2 Å². The summed E-state index contributed by atoms with van der Waals surface area (Å²) in [6, 6.07) is 8.51. The minimum absolute atomic E-state index is 0.0906. The molecule has 2 aromatic carbocycles. The number of benzene rings is 2. The van der Waals surface area contributed by atoms with Crippen LogP contribution < -0.4 is 5.32 Å². The van der Waals surface area contributed by atoms with Crippen molar-refractivity contribution in [2.75, 3.05) is 13.1 Å². The predicted octanol–water partition coefficient (Wildman–Crippen LogP) is 6.23. The molecule has 3 nitrogen and oxygen atoms in total. The fraction of sp³-hybridized carbons (Fsp3) is 0.316. The van der Waals surface area contributed by atoms with Crippen molar-refractivity contribution in [3.05, 3.63) is 62.1 Å². The van der Waals surface area contributed by atoms with Gasteiger partial charge in [0.1, 0.15) is 6.10 Å². The van der Waals surface area contributed by atoms with Crippen molar-refractivity contribution in [1.82, 2.24) is 5.32 Å². The second-order valence-corrected chi connectivity index (χ2v) is 8.53. The quantitative estimate of drug-likeness (QED) is 0.412. The van der Waals surface area contributed by atoms with Gasteiger partial charge in [-0.25, -0.2) is 4.79 Å². The SMILES string of the molecule is O=C(OC1CNCCc2c1ccc(Cl)c2SCc1ccc(Cl)c(Cl)c1)C(F)(F)F. The molecule has 156 valence electrons. The van der Waals surface area contributed by atoms with Crippen LogP contribution in [0.2, 0.25) is 15.1 Å². The normalized spacial score (nSPS) is 16.8. The van der Waals surface area contributed by atoms with Gasteiger partial charge in [0.15, 0.2) is 0 Å². The van der Waals surface area contributed by atoms with Gasteiger partial charge in [-0.3, -0.25) is 0 Å². The molecule has 10 heteroatoms. The summed E-state index contributed by atoms with van der Waals surface area (Å²) in [4.78, 5) is 12.1. The minimum atomic E-state index is -5.05. The smallest absolute Gasteiger partial charge is 0.449 e. The van der Waals surface area contributed by atoms with Crippen LogP contribution in [0.1, 0.15) is 22.8 Å². The first-order valence-corrected chi connectivity index (χ1v) is 10.6. The Hall–Kier alpha value is -1.12. The van der Waals surface area contributed by atoms with Crippen molar-refractivity contribution in [3.8, 4) is 0 Å². The van der Waals surface area contributed by atoms with E-state index in [1.807, 2.05) is 6.07 Å². The Labute approximate surface area is 184 Å². The number of esters is 1. The zero-order valence-electron chi connectivity index (χ0n) is 14.8. The average Bonchev–Trinajstić information content (AvgIpc) is 2.85. The Balaban J connectivity index is 1.88. The van der Waals surface area contributed by atoms with Crippen LogP contribution in [0.15, 0.2) is 35.2 Å². The van der Waals surface area contributed by atoms with Gasteiger partial charge >= 0.3 is 12.1 Å². The predicted molar refractivity (Wildman–Crippen MR) is 109 cm³/mol. The van der Waals surface area contributed by atoms with E-state index in [4.69, 9.17) is 39.5 Å². The maximum atomic E-state index is 12.7. The van der Waals surface area contributed by atoms with E-state index in [0.29, 0.717) is 39.3 Å². The topological polar surface area (TPSA) is 38.3 Å². The molecule has 0 saturated carbocycles. The summed E-state index contributed by atoms with van der Waals surface area (Å²) < 4.78 is 42.7. The van der Waals surface area contributed by atoms with Crippen LogP contribution >= 0.6 is 46.6 Å². The van der Waals surface area contributed by atoms with Crippen molar-refractivity contribution in [2.24, 2.45) is 0 Å². The molecule has 1 N–H and O–H groups in total. The molecule has 3 rings (SSSR count). The third-order valence-electron chi connectivity index (χ3n) is 4.33. The van der Waals surface area contributed by atoms with Gasteiger partial charge in [-0.1, -0.05) is 46.9 Å². The Kier molecular flexibility index (Phi) is 7.27. The van der Waals surface area contributed by atoms with Crippen molar-refractivity contribution in [3.63, 3.8) is 0 Å². The van der Waals surface area contributed by atoms with Gasteiger partial charge < -0.3 is 10.1 Å². The van der Waals surface area contributed by atoms with E-state index in [0.717, 1.165) is 16.0 Å². The lowest BCUT2D eigenvalue weighted by atomic mass is 10.0. The van der Waals surface area contributed by atoms with Crippen LogP contribution in [0, 0.1) is 0 Å². The Morgan fingerprint density at radius 3 is 2.55 bits per heavy atom. The van der Waals surface area contributed by atoms with Crippen LogP contribution in [0.5, 0.6) is 0 Å². The molecule has 0 fully saturated rings. The molecule has 0 bridgehead atoms. The molecule has 1 aliphatic rings. The molecular formula is C19H15Cl3F3NO2S. The zero-order valence-corrected chi connectivity index (χ0v) is 17.9. The summed E-state index contributed by atoms with van der Waals surface area (Å²) in [5.41, 5.74) is 2.21. The highest BCUT2D eigenvalue weighted by atomic mass is 35.5. The molecule has 0 spiro atoms. The van der Waals surface area contributed by atoms with E-state index in [-0.39, 0.29) is 6.54 Å². The lowest BCUT2D eigenvalue weighted by Gasteiger charge is -2.21. The van der Waals surface area contributed by atoms with Crippen LogP contribution in [-0.2, 0) is 21.7 Å². The first-order chi connectivity index (χ1) is 13.7. The fourth-order valence-electron chi connectivity index (χ4n) is 2.97. The van der Waals surface area contributed by atoms with Crippen LogP contribution in [-0.4, -0.2) is 25.2 Å². The van der Waals surface area contributed by atoms with Gasteiger partial charge in [0.2, 0.25) is 0 Å². The number of ether oxygens (including phenoxy) is 1. The summed E-state index contributed by atoms with van der Waals surface area (Å²) >= 11 is 19.8. The Bertz CT molecular complexity index is 924. The molecular weight excluding hydrogens is 470 g/mol. The Morgan fingerprint density at radius 2 is 1.86 bits per heavy atom. The second kappa shape index (κ2) is 9.35. The largest absolute Gasteiger partial charge is 0.490 e. The van der Waals surface area contributed by atoms with Crippen molar-refractivity contribution < 1.29 is 22.7 Å². The molecule has 0 aliphatic carbocycles. The van der Waals surface area contributed by atoms with Crippen molar-refractivity contribution in [1.29, 1.82) is 0 Å². The number of carbonyl (C=O) groups is 1. The standard InChI is InChI=1S/C19H15Cl3F3NO2S/c20-13-3-1-10(7-15(13)22)9-29-17-12-5-6-26-8-16(11(12)2-4-14(17)21)28-18(27)19(23,24)25/h1-4,7,16,26H,5-6,8-9H2. The third-order valence-corrected chi connectivity index (χ3v) is 6.72. The number of carbonyl (C=O) groups excluding carboxylic acids is 1. The lowest BCUT2D eigenvalue weighted by Crippen LogP contribution is -2.30. The molecule has 29 heavy (non-hydrogen) atoms. The maximum absolute atomic E-state index is 12.7. The van der Waals surface area contributed by atoms with Gasteiger partial charge in [-0.15, -0.1) is 11.8 Å². The number of hydrogen-bond donors (Lipinski definition) is 1. The summed E-state index contributed by atoms with van der Waals surface area (Å²) in [6.45, 7) is 0.612. The van der Waals surface area contributed by atoms with Gasteiger partial charge in [0, 0.05) is 17.2 Å². The van der Waals surface area contributed by atoms with E-state index >= 15 is 0 Å². The van der Waals surface area contributed by atoms with E-state index in [1.165, 1.54) is 11.8 Å². The molecule has 1 atom stereocenters. The number of halogens is 6. The third kappa shape index (κ3) is 5.52. The highest BCUT2D eigenvalue weighted by molar-refractivity contribution is 7.98. The number of thioether (sulfide) groups is 1. The Morgan fingerprint density at radius 1 is 1.14 bits per heavy atom. The molecule has 0 radical (unpaired) electrons. The highest BCUT2D eigenvalue weighted by Crippen LogP contribution is 2.39. The molecule has 0 aromatic heterocycles. The van der Waals surface area contributed by atoms with Crippen molar-refractivity contribution in [2.45, 2.75) is 29.3 Å².